The normalized spacial score (nSPS) is 11.0. The van der Waals surface area contributed by atoms with Crippen LogP contribution in [0.1, 0.15) is 42.4 Å². The third-order valence-electron chi connectivity index (χ3n) is 4.80. The highest BCUT2D eigenvalue weighted by Crippen LogP contribution is 2.18. The summed E-state index contributed by atoms with van der Waals surface area (Å²) in [5, 5.41) is 25.7. The van der Waals surface area contributed by atoms with Gasteiger partial charge in [0.1, 0.15) is 5.75 Å². The van der Waals surface area contributed by atoms with E-state index in [2.05, 4.69) is 41.0 Å². The fraction of sp³-hybridized carbons (Fsp3) is 0.478. The molecule has 2 aromatic carbocycles. The van der Waals surface area contributed by atoms with E-state index in [4.69, 9.17) is 0 Å². The Morgan fingerprint density at radius 2 is 1.30 bits per heavy atom. The number of rotatable bonds is 14. The average Bonchev–Trinajstić information content (AvgIpc) is 2.70. The quantitative estimate of drug-likeness (QED) is 0.385. The molecule has 4 heteroatoms. The second kappa shape index (κ2) is 13.3. The highest BCUT2D eigenvalue weighted by Gasteiger charge is 2.01. The van der Waals surface area contributed by atoms with Gasteiger partial charge < -0.3 is 20.8 Å². The molecule has 0 spiro atoms. The Bertz CT molecular complexity index is 632. The van der Waals surface area contributed by atoms with Crippen molar-refractivity contribution >= 4 is 0 Å². The lowest BCUT2D eigenvalue weighted by Crippen LogP contribution is -2.19. The van der Waals surface area contributed by atoms with Gasteiger partial charge in [0.05, 0.1) is 6.61 Å². The Balaban J connectivity index is 1.38. The van der Waals surface area contributed by atoms with Crippen molar-refractivity contribution in [3.8, 4) is 5.75 Å². The van der Waals surface area contributed by atoms with E-state index in [1.807, 2.05) is 12.1 Å². The van der Waals surface area contributed by atoms with Crippen LogP contribution in [0.5, 0.6) is 5.75 Å². The van der Waals surface area contributed by atoms with Crippen LogP contribution in [0.2, 0.25) is 0 Å². The van der Waals surface area contributed by atoms with Crippen molar-refractivity contribution in [2.75, 3.05) is 26.2 Å². The van der Waals surface area contributed by atoms with E-state index in [1.165, 1.54) is 31.2 Å². The minimum atomic E-state index is -0.117. The Morgan fingerprint density at radius 1 is 0.667 bits per heavy atom. The van der Waals surface area contributed by atoms with Crippen LogP contribution in [0.25, 0.3) is 0 Å². The summed E-state index contributed by atoms with van der Waals surface area (Å²) in [6, 6.07) is 16.1. The van der Waals surface area contributed by atoms with Crippen LogP contribution in [0, 0.1) is 0 Å². The van der Waals surface area contributed by atoms with Gasteiger partial charge >= 0.3 is 0 Å². The molecule has 4 nitrogen and oxygen atoms in total. The maximum atomic E-state index is 9.57. The summed E-state index contributed by atoms with van der Waals surface area (Å²) in [4.78, 5) is 0. The summed E-state index contributed by atoms with van der Waals surface area (Å²) in [7, 11) is 0. The second-order valence-electron chi connectivity index (χ2n) is 7.02. The molecule has 27 heavy (non-hydrogen) atoms. The minimum Gasteiger partial charge on any atom is -0.508 e. The van der Waals surface area contributed by atoms with Gasteiger partial charge in [0.2, 0.25) is 0 Å². The van der Waals surface area contributed by atoms with E-state index in [0.29, 0.717) is 5.56 Å². The van der Waals surface area contributed by atoms with Crippen LogP contribution in [0.15, 0.2) is 48.5 Å². The molecule has 0 aromatic heterocycles. The molecule has 148 valence electrons. The predicted molar refractivity (Wildman–Crippen MR) is 112 cm³/mol. The summed E-state index contributed by atoms with van der Waals surface area (Å²) in [6.07, 6.45) is 7.01. The number of aromatic hydroxyl groups is 1. The maximum absolute atomic E-state index is 9.57. The van der Waals surface area contributed by atoms with Gasteiger partial charge in [-0.1, -0.05) is 49.2 Å². The molecule has 0 aliphatic rings. The van der Waals surface area contributed by atoms with Crippen molar-refractivity contribution in [3.05, 3.63) is 65.2 Å². The largest absolute Gasteiger partial charge is 0.508 e. The van der Waals surface area contributed by atoms with Crippen LogP contribution in [-0.4, -0.2) is 36.4 Å². The molecule has 2 aromatic rings. The zero-order chi connectivity index (χ0) is 19.2. The monoisotopic (exact) mass is 370 g/mol. The van der Waals surface area contributed by atoms with Crippen molar-refractivity contribution in [2.45, 2.75) is 45.1 Å². The van der Waals surface area contributed by atoms with Crippen LogP contribution >= 0.6 is 0 Å². The number of benzene rings is 2. The first-order chi connectivity index (χ1) is 13.3. The van der Waals surface area contributed by atoms with Crippen LogP contribution in [0.3, 0.4) is 0 Å². The molecule has 0 unspecified atom stereocenters. The molecule has 0 saturated carbocycles. The Labute approximate surface area is 163 Å². The lowest BCUT2D eigenvalue weighted by atomic mass is 10.1. The second-order valence-corrected chi connectivity index (χ2v) is 7.02. The Hall–Kier alpha value is -1.88. The van der Waals surface area contributed by atoms with Crippen molar-refractivity contribution in [2.24, 2.45) is 0 Å². The number of nitrogens with one attached hydrogen (secondary N) is 2. The van der Waals surface area contributed by atoms with E-state index in [-0.39, 0.29) is 12.4 Å². The standard InChI is InChI=1S/C23H34N2O2/c26-19-22-18-21(10-11-23(22)27)13-17-25-15-7-2-1-6-14-24-16-12-20-8-4-3-5-9-20/h3-5,8-11,18,24-27H,1-2,6-7,12-17,19H2. The van der Waals surface area contributed by atoms with Crippen molar-refractivity contribution < 1.29 is 10.2 Å². The number of phenols is 1. The number of unbranched alkanes of at least 4 members (excludes halogenated alkanes) is 3. The molecule has 0 heterocycles. The molecular weight excluding hydrogens is 336 g/mol. The number of hydrogen-bond donors (Lipinski definition) is 4. The molecule has 0 fully saturated rings. The van der Waals surface area contributed by atoms with Crippen molar-refractivity contribution in [3.63, 3.8) is 0 Å². The van der Waals surface area contributed by atoms with Gasteiger partial charge in [-0.3, -0.25) is 0 Å². The molecule has 2 rings (SSSR count). The molecule has 0 amide bonds. The molecule has 0 atom stereocenters. The Morgan fingerprint density at radius 3 is 1.93 bits per heavy atom. The summed E-state index contributed by atoms with van der Waals surface area (Å²) in [5.41, 5.74) is 3.15. The lowest BCUT2D eigenvalue weighted by Gasteiger charge is -2.08. The summed E-state index contributed by atoms with van der Waals surface area (Å²) in [5.74, 6) is 0.170. The van der Waals surface area contributed by atoms with E-state index in [1.54, 1.807) is 6.07 Å². The lowest BCUT2D eigenvalue weighted by molar-refractivity contribution is 0.275. The van der Waals surface area contributed by atoms with Gasteiger partial charge in [-0.25, -0.2) is 0 Å². The van der Waals surface area contributed by atoms with Gasteiger partial charge in [0, 0.05) is 5.56 Å². The Kier molecular flexibility index (Phi) is 10.6. The van der Waals surface area contributed by atoms with Crippen LogP contribution in [-0.2, 0) is 19.4 Å². The first kappa shape index (κ1) is 21.4. The van der Waals surface area contributed by atoms with Crippen LogP contribution in [0.4, 0.5) is 0 Å². The molecule has 0 aliphatic heterocycles. The predicted octanol–water partition coefficient (Wildman–Crippen LogP) is 3.41. The van der Waals surface area contributed by atoms with E-state index in [9.17, 15) is 10.2 Å². The zero-order valence-corrected chi connectivity index (χ0v) is 16.3. The highest BCUT2D eigenvalue weighted by atomic mass is 16.3. The summed E-state index contributed by atoms with van der Waals surface area (Å²) < 4.78 is 0. The molecule has 0 aliphatic carbocycles. The SMILES string of the molecule is OCc1cc(CCNCCCCCCNCCc2ccccc2)ccc1O. The average molecular weight is 371 g/mol. The van der Waals surface area contributed by atoms with Gasteiger partial charge in [0.25, 0.3) is 0 Å². The molecule has 0 radical (unpaired) electrons. The van der Waals surface area contributed by atoms with E-state index >= 15 is 0 Å². The van der Waals surface area contributed by atoms with E-state index < -0.39 is 0 Å². The van der Waals surface area contributed by atoms with Crippen molar-refractivity contribution in [1.29, 1.82) is 0 Å². The molecule has 4 N–H and O–H groups in total. The summed E-state index contributed by atoms with van der Waals surface area (Å²) in [6.45, 7) is 4.02. The fourth-order valence-electron chi connectivity index (χ4n) is 3.13. The molecular formula is C23H34N2O2. The minimum absolute atomic E-state index is 0.117. The topological polar surface area (TPSA) is 64.5 Å². The highest BCUT2D eigenvalue weighted by molar-refractivity contribution is 5.35. The fourth-order valence-corrected chi connectivity index (χ4v) is 3.13. The van der Waals surface area contributed by atoms with E-state index in [0.717, 1.165) is 44.6 Å². The van der Waals surface area contributed by atoms with Gasteiger partial charge in [-0.15, -0.1) is 0 Å². The van der Waals surface area contributed by atoms with Gasteiger partial charge in [0.15, 0.2) is 0 Å². The zero-order valence-electron chi connectivity index (χ0n) is 16.3. The summed E-state index contributed by atoms with van der Waals surface area (Å²) >= 11 is 0. The maximum Gasteiger partial charge on any atom is 0.121 e. The smallest absolute Gasteiger partial charge is 0.121 e. The number of hydrogen-bond acceptors (Lipinski definition) is 4. The third kappa shape index (κ3) is 9.05. The van der Waals surface area contributed by atoms with Crippen LogP contribution < -0.4 is 10.6 Å². The number of aliphatic hydroxyl groups excluding tert-OH is 1. The molecule has 0 saturated heterocycles. The first-order valence-electron chi connectivity index (χ1n) is 10.2. The third-order valence-corrected chi connectivity index (χ3v) is 4.80. The van der Waals surface area contributed by atoms with Gasteiger partial charge in [-0.2, -0.15) is 0 Å². The first-order valence-corrected chi connectivity index (χ1v) is 10.2. The molecule has 0 bridgehead atoms. The van der Waals surface area contributed by atoms with Crippen molar-refractivity contribution in [1.82, 2.24) is 10.6 Å². The number of aliphatic hydroxyl groups is 1. The van der Waals surface area contributed by atoms with Gasteiger partial charge in [-0.05, 0) is 75.1 Å².